The van der Waals surface area contributed by atoms with Crippen LogP contribution in [0.5, 0.6) is 5.75 Å². The molecule has 0 fully saturated rings. The lowest BCUT2D eigenvalue weighted by atomic mass is 10.1. The Bertz CT molecular complexity index is 744. The summed E-state index contributed by atoms with van der Waals surface area (Å²) in [4.78, 5) is 0. The van der Waals surface area contributed by atoms with Crippen LogP contribution < -0.4 is 10.5 Å². The highest BCUT2D eigenvalue weighted by molar-refractivity contribution is 5.85. The predicted molar refractivity (Wildman–Crippen MR) is 87.3 cm³/mol. The van der Waals surface area contributed by atoms with Crippen LogP contribution in [0.4, 0.5) is 0 Å². The minimum Gasteiger partial charge on any atom is -0.489 e. The molecular weight excluding hydrogens is 258 g/mol. The first-order valence-electron chi connectivity index (χ1n) is 7.19. The normalized spacial score (nSPS) is 12.3. The van der Waals surface area contributed by atoms with Crippen molar-refractivity contribution in [2.24, 2.45) is 5.73 Å². The molecule has 3 aromatic carbocycles. The van der Waals surface area contributed by atoms with Gasteiger partial charge in [0.15, 0.2) is 0 Å². The number of benzene rings is 3. The quantitative estimate of drug-likeness (QED) is 0.765. The molecule has 2 nitrogen and oxygen atoms in total. The van der Waals surface area contributed by atoms with Crippen molar-refractivity contribution in [3.05, 3.63) is 77.9 Å². The Labute approximate surface area is 125 Å². The molecule has 0 aromatic heterocycles. The minimum absolute atomic E-state index is 0.0336. The summed E-state index contributed by atoms with van der Waals surface area (Å²) >= 11 is 0. The molecule has 3 rings (SSSR count). The summed E-state index contributed by atoms with van der Waals surface area (Å²) < 4.78 is 6.01. The van der Waals surface area contributed by atoms with Crippen molar-refractivity contribution in [2.45, 2.75) is 19.6 Å². The summed E-state index contributed by atoms with van der Waals surface area (Å²) in [5.41, 5.74) is 8.22. The molecule has 3 aromatic rings. The van der Waals surface area contributed by atoms with Crippen LogP contribution in [0, 0.1) is 0 Å². The van der Waals surface area contributed by atoms with Gasteiger partial charge in [0.25, 0.3) is 0 Å². The van der Waals surface area contributed by atoms with Crippen molar-refractivity contribution in [3.8, 4) is 5.75 Å². The van der Waals surface area contributed by atoms with E-state index in [4.69, 9.17) is 10.5 Å². The molecular formula is C19H19NO. The SMILES string of the molecule is CC(N)c1ccccc1OCc1cccc2ccccc12. The van der Waals surface area contributed by atoms with Crippen molar-refractivity contribution in [2.75, 3.05) is 0 Å². The van der Waals surface area contributed by atoms with Crippen molar-refractivity contribution in [3.63, 3.8) is 0 Å². The average Bonchev–Trinajstić information content (AvgIpc) is 2.53. The molecule has 2 heteroatoms. The predicted octanol–water partition coefficient (Wildman–Crippen LogP) is 4.44. The van der Waals surface area contributed by atoms with E-state index >= 15 is 0 Å². The number of ether oxygens (including phenoxy) is 1. The Morgan fingerprint density at radius 2 is 1.62 bits per heavy atom. The molecule has 0 aliphatic rings. The zero-order valence-corrected chi connectivity index (χ0v) is 12.1. The lowest BCUT2D eigenvalue weighted by Crippen LogP contribution is -2.08. The molecule has 21 heavy (non-hydrogen) atoms. The van der Waals surface area contributed by atoms with Gasteiger partial charge in [0.2, 0.25) is 0 Å². The minimum atomic E-state index is -0.0336. The van der Waals surface area contributed by atoms with Gasteiger partial charge in [0, 0.05) is 11.6 Å². The zero-order chi connectivity index (χ0) is 14.7. The lowest BCUT2D eigenvalue weighted by Gasteiger charge is -2.14. The maximum absolute atomic E-state index is 6.01. The fraction of sp³-hybridized carbons (Fsp3) is 0.158. The van der Waals surface area contributed by atoms with Gasteiger partial charge < -0.3 is 10.5 Å². The smallest absolute Gasteiger partial charge is 0.124 e. The van der Waals surface area contributed by atoms with Crippen LogP contribution in [0.1, 0.15) is 24.1 Å². The molecule has 0 spiro atoms. The standard InChI is InChI=1S/C19H19NO/c1-14(20)17-10-4-5-12-19(17)21-13-16-9-6-8-15-7-2-3-11-18(15)16/h2-12,14H,13,20H2,1H3. The molecule has 1 atom stereocenters. The maximum atomic E-state index is 6.01. The highest BCUT2D eigenvalue weighted by atomic mass is 16.5. The van der Waals surface area contributed by atoms with Gasteiger partial charge in [0.1, 0.15) is 12.4 Å². The van der Waals surface area contributed by atoms with E-state index in [0.29, 0.717) is 6.61 Å². The van der Waals surface area contributed by atoms with E-state index < -0.39 is 0 Å². The van der Waals surface area contributed by atoms with Gasteiger partial charge in [-0.1, -0.05) is 60.7 Å². The first-order valence-corrected chi connectivity index (χ1v) is 7.19. The van der Waals surface area contributed by atoms with Crippen LogP contribution in [-0.2, 0) is 6.61 Å². The molecule has 2 N–H and O–H groups in total. The van der Waals surface area contributed by atoms with E-state index in [2.05, 4.69) is 42.5 Å². The Balaban J connectivity index is 1.87. The van der Waals surface area contributed by atoms with Gasteiger partial charge in [-0.25, -0.2) is 0 Å². The second kappa shape index (κ2) is 5.98. The molecule has 0 saturated carbocycles. The van der Waals surface area contributed by atoms with Gasteiger partial charge >= 0.3 is 0 Å². The van der Waals surface area contributed by atoms with Crippen LogP contribution in [0.3, 0.4) is 0 Å². The largest absolute Gasteiger partial charge is 0.489 e. The topological polar surface area (TPSA) is 35.2 Å². The molecule has 0 heterocycles. The fourth-order valence-corrected chi connectivity index (χ4v) is 2.56. The van der Waals surface area contributed by atoms with Gasteiger partial charge in [-0.2, -0.15) is 0 Å². The summed E-state index contributed by atoms with van der Waals surface area (Å²) in [5, 5.41) is 2.47. The molecule has 106 valence electrons. The van der Waals surface area contributed by atoms with Crippen LogP contribution >= 0.6 is 0 Å². The molecule has 0 aliphatic carbocycles. The third-order valence-electron chi connectivity index (χ3n) is 3.67. The van der Waals surface area contributed by atoms with Crippen molar-refractivity contribution >= 4 is 10.8 Å². The third-order valence-corrected chi connectivity index (χ3v) is 3.67. The molecule has 0 amide bonds. The first kappa shape index (κ1) is 13.7. The number of fused-ring (bicyclic) bond motifs is 1. The van der Waals surface area contributed by atoms with E-state index in [1.807, 2.05) is 31.2 Å². The van der Waals surface area contributed by atoms with E-state index in [0.717, 1.165) is 11.3 Å². The van der Waals surface area contributed by atoms with Crippen molar-refractivity contribution in [1.82, 2.24) is 0 Å². The van der Waals surface area contributed by atoms with E-state index in [1.165, 1.54) is 16.3 Å². The number of para-hydroxylation sites is 1. The van der Waals surface area contributed by atoms with E-state index in [-0.39, 0.29) is 6.04 Å². The number of hydrogen-bond donors (Lipinski definition) is 1. The highest BCUT2D eigenvalue weighted by Crippen LogP contribution is 2.25. The van der Waals surface area contributed by atoms with Gasteiger partial charge in [0.05, 0.1) is 0 Å². The van der Waals surface area contributed by atoms with E-state index in [1.54, 1.807) is 0 Å². The summed E-state index contributed by atoms with van der Waals surface area (Å²) in [6, 6.07) is 22.6. The van der Waals surface area contributed by atoms with Crippen LogP contribution in [0.25, 0.3) is 10.8 Å². The molecule has 0 saturated heterocycles. The van der Waals surface area contributed by atoms with Crippen molar-refractivity contribution < 1.29 is 4.74 Å². The van der Waals surface area contributed by atoms with Gasteiger partial charge in [-0.15, -0.1) is 0 Å². The summed E-state index contributed by atoms with van der Waals surface area (Å²) in [7, 11) is 0. The van der Waals surface area contributed by atoms with Crippen LogP contribution in [0.2, 0.25) is 0 Å². The summed E-state index contributed by atoms with van der Waals surface area (Å²) in [5.74, 6) is 0.862. The lowest BCUT2D eigenvalue weighted by molar-refractivity contribution is 0.303. The molecule has 0 radical (unpaired) electrons. The van der Waals surface area contributed by atoms with E-state index in [9.17, 15) is 0 Å². The number of rotatable bonds is 4. The van der Waals surface area contributed by atoms with Crippen LogP contribution in [0.15, 0.2) is 66.7 Å². The summed E-state index contributed by atoms with van der Waals surface area (Å²) in [6.45, 7) is 2.52. The Kier molecular flexibility index (Phi) is 3.89. The zero-order valence-electron chi connectivity index (χ0n) is 12.1. The molecule has 0 bridgehead atoms. The number of nitrogens with two attached hydrogens (primary N) is 1. The third kappa shape index (κ3) is 2.91. The second-order valence-electron chi connectivity index (χ2n) is 5.25. The number of hydrogen-bond acceptors (Lipinski definition) is 2. The maximum Gasteiger partial charge on any atom is 0.124 e. The molecule has 1 unspecified atom stereocenters. The Morgan fingerprint density at radius 1 is 0.905 bits per heavy atom. The van der Waals surface area contributed by atoms with Gasteiger partial charge in [-0.05, 0) is 29.3 Å². The second-order valence-corrected chi connectivity index (χ2v) is 5.25. The molecule has 0 aliphatic heterocycles. The highest BCUT2D eigenvalue weighted by Gasteiger charge is 2.08. The summed E-state index contributed by atoms with van der Waals surface area (Å²) in [6.07, 6.45) is 0. The van der Waals surface area contributed by atoms with Crippen molar-refractivity contribution in [1.29, 1.82) is 0 Å². The Morgan fingerprint density at radius 3 is 2.48 bits per heavy atom. The fourth-order valence-electron chi connectivity index (χ4n) is 2.56. The van der Waals surface area contributed by atoms with Gasteiger partial charge in [-0.3, -0.25) is 0 Å². The Hall–Kier alpha value is -2.32. The average molecular weight is 277 g/mol. The van der Waals surface area contributed by atoms with Crippen LogP contribution in [-0.4, -0.2) is 0 Å². The first-order chi connectivity index (χ1) is 10.3. The monoisotopic (exact) mass is 277 g/mol.